The van der Waals surface area contributed by atoms with Crippen LogP contribution in [0.3, 0.4) is 0 Å². The zero-order chi connectivity index (χ0) is 7.14. The van der Waals surface area contributed by atoms with Gasteiger partial charge in [0.05, 0.1) is 6.10 Å². The Morgan fingerprint density at radius 3 is 3.00 bits per heavy atom. The largest absolute Gasteiger partial charge is 0.393 e. The van der Waals surface area contributed by atoms with E-state index in [0.29, 0.717) is 5.92 Å². The van der Waals surface area contributed by atoms with Crippen LogP contribution >= 0.6 is 0 Å². The highest BCUT2D eigenvalue weighted by atomic mass is 16.3. The van der Waals surface area contributed by atoms with Crippen LogP contribution in [0.2, 0.25) is 0 Å². The molecule has 0 aromatic rings. The zero-order valence-corrected chi connectivity index (χ0v) is 6.38. The second kappa shape index (κ2) is 2.09. The van der Waals surface area contributed by atoms with Gasteiger partial charge >= 0.3 is 0 Å². The van der Waals surface area contributed by atoms with Crippen molar-refractivity contribution in [3.05, 3.63) is 11.6 Å². The molecule has 2 aliphatic carbocycles. The number of hydrogen-bond donors (Lipinski definition) is 1. The van der Waals surface area contributed by atoms with Crippen molar-refractivity contribution in [2.45, 2.75) is 32.3 Å². The van der Waals surface area contributed by atoms with Gasteiger partial charge in [-0.25, -0.2) is 0 Å². The third kappa shape index (κ3) is 0.734. The van der Waals surface area contributed by atoms with Crippen LogP contribution in [0, 0.1) is 11.8 Å². The molecule has 0 bridgehead atoms. The monoisotopic (exact) mass is 138 g/mol. The lowest BCUT2D eigenvalue weighted by atomic mass is 9.95. The standard InChI is InChI=1S/C9H14O/c1-6-2-3-8-7(6)4-5-9(8)10/h2,7-10H,3-5H2,1H3/t7-,8+,9-/m1/s1. The fourth-order valence-corrected chi connectivity index (χ4v) is 2.41. The van der Waals surface area contributed by atoms with Gasteiger partial charge in [0.2, 0.25) is 0 Å². The van der Waals surface area contributed by atoms with E-state index < -0.39 is 0 Å². The van der Waals surface area contributed by atoms with E-state index in [1.54, 1.807) is 0 Å². The Morgan fingerprint density at radius 1 is 1.50 bits per heavy atom. The third-order valence-electron chi connectivity index (χ3n) is 3.08. The SMILES string of the molecule is CC1=CC[C@@H]2[C@H](O)CC[C@H]12. The highest BCUT2D eigenvalue weighted by molar-refractivity contribution is 5.16. The van der Waals surface area contributed by atoms with Gasteiger partial charge in [-0.05, 0) is 38.0 Å². The van der Waals surface area contributed by atoms with Crippen molar-refractivity contribution < 1.29 is 5.11 Å². The maximum absolute atomic E-state index is 9.48. The second-order valence-corrected chi connectivity index (χ2v) is 3.60. The first kappa shape index (κ1) is 6.41. The predicted molar refractivity (Wildman–Crippen MR) is 40.6 cm³/mol. The van der Waals surface area contributed by atoms with E-state index in [2.05, 4.69) is 13.0 Å². The summed E-state index contributed by atoms with van der Waals surface area (Å²) in [6, 6.07) is 0. The molecule has 1 fully saturated rings. The molecule has 10 heavy (non-hydrogen) atoms. The zero-order valence-electron chi connectivity index (χ0n) is 6.38. The van der Waals surface area contributed by atoms with Gasteiger partial charge in [-0.15, -0.1) is 0 Å². The number of allylic oxidation sites excluding steroid dienone is 2. The molecule has 0 amide bonds. The van der Waals surface area contributed by atoms with Crippen LogP contribution < -0.4 is 0 Å². The van der Waals surface area contributed by atoms with Crippen LogP contribution in [-0.4, -0.2) is 11.2 Å². The smallest absolute Gasteiger partial charge is 0.0577 e. The lowest BCUT2D eigenvalue weighted by Crippen LogP contribution is -2.14. The topological polar surface area (TPSA) is 20.2 Å². The van der Waals surface area contributed by atoms with Gasteiger partial charge in [-0.2, -0.15) is 0 Å². The van der Waals surface area contributed by atoms with Crippen LogP contribution in [0.4, 0.5) is 0 Å². The van der Waals surface area contributed by atoms with Crippen molar-refractivity contribution in [3.63, 3.8) is 0 Å². The fourth-order valence-electron chi connectivity index (χ4n) is 2.41. The van der Waals surface area contributed by atoms with Crippen LogP contribution in [0.25, 0.3) is 0 Å². The summed E-state index contributed by atoms with van der Waals surface area (Å²) in [7, 11) is 0. The summed E-state index contributed by atoms with van der Waals surface area (Å²) in [6.07, 6.45) is 5.66. The lowest BCUT2D eigenvalue weighted by Gasteiger charge is -2.13. The molecular weight excluding hydrogens is 124 g/mol. The van der Waals surface area contributed by atoms with Crippen molar-refractivity contribution >= 4 is 0 Å². The van der Waals surface area contributed by atoms with E-state index in [-0.39, 0.29) is 6.10 Å². The van der Waals surface area contributed by atoms with E-state index >= 15 is 0 Å². The number of aliphatic hydroxyl groups is 1. The van der Waals surface area contributed by atoms with Crippen molar-refractivity contribution in [1.82, 2.24) is 0 Å². The van der Waals surface area contributed by atoms with Gasteiger partial charge in [0.25, 0.3) is 0 Å². The molecule has 3 atom stereocenters. The van der Waals surface area contributed by atoms with Gasteiger partial charge < -0.3 is 5.11 Å². The third-order valence-corrected chi connectivity index (χ3v) is 3.08. The van der Waals surface area contributed by atoms with Gasteiger partial charge in [0, 0.05) is 0 Å². The lowest BCUT2D eigenvalue weighted by molar-refractivity contribution is 0.128. The fraction of sp³-hybridized carbons (Fsp3) is 0.778. The molecule has 0 saturated heterocycles. The highest BCUT2D eigenvalue weighted by Crippen LogP contribution is 2.43. The van der Waals surface area contributed by atoms with E-state index in [9.17, 15) is 5.11 Å². The number of fused-ring (bicyclic) bond motifs is 1. The first-order chi connectivity index (χ1) is 4.79. The average Bonchev–Trinajstić information content (AvgIpc) is 2.41. The number of hydrogen-bond acceptors (Lipinski definition) is 1. The minimum absolute atomic E-state index is 0.00120. The molecule has 0 unspecified atom stereocenters. The highest BCUT2D eigenvalue weighted by Gasteiger charge is 2.37. The van der Waals surface area contributed by atoms with Crippen LogP contribution in [0.15, 0.2) is 11.6 Å². The summed E-state index contributed by atoms with van der Waals surface area (Å²) < 4.78 is 0. The number of aliphatic hydroxyl groups excluding tert-OH is 1. The predicted octanol–water partition coefficient (Wildman–Crippen LogP) is 1.72. The summed E-state index contributed by atoms with van der Waals surface area (Å²) in [4.78, 5) is 0. The van der Waals surface area contributed by atoms with Crippen molar-refractivity contribution in [2.75, 3.05) is 0 Å². The maximum Gasteiger partial charge on any atom is 0.0577 e. The molecule has 2 rings (SSSR count). The van der Waals surface area contributed by atoms with E-state index in [1.807, 2.05) is 0 Å². The Labute approximate surface area is 61.8 Å². The summed E-state index contributed by atoms with van der Waals surface area (Å²) in [5, 5.41) is 9.48. The average molecular weight is 138 g/mol. The van der Waals surface area contributed by atoms with E-state index in [4.69, 9.17) is 0 Å². The normalized spacial score (nSPS) is 45.4. The number of rotatable bonds is 0. The van der Waals surface area contributed by atoms with Crippen LogP contribution in [-0.2, 0) is 0 Å². The van der Waals surface area contributed by atoms with Crippen LogP contribution in [0.1, 0.15) is 26.2 Å². The molecule has 0 aromatic carbocycles. The molecule has 56 valence electrons. The summed E-state index contributed by atoms with van der Waals surface area (Å²) >= 11 is 0. The molecule has 1 heteroatoms. The Balaban J connectivity index is 2.16. The first-order valence-corrected chi connectivity index (χ1v) is 4.14. The van der Waals surface area contributed by atoms with Gasteiger partial charge in [-0.3, -0.25) is 0 Å². The Bertz CT molecular complexity index is 172. The molecule has 1 N–H and O–H groups in total. The minimum Gasteiger partial charge on any atom is -0.393 e. The second-order valence-electron chi connectivity index (χ2n) is 3.60. The van der Waals surface area contributed by atoms with Crippen molar-refractivity contribution in [2.24, 2.45) is 11.8 Å². The summed E-state index contributed by atoms with van der Waals surface area (Å²) in [6.45, 7) is 2.20. The molecule has 1 saturated carbocycles. The molecule has 1 nitrogen and oxygen atoms in total. The van der Waals surface area contributed by atoms with Gasteiger partial charge in [-0.1, -0.05) is 11.6 Å². The molecule has 0 aliphatic heterocycles. The van der Waals surface area contributed by atoms with Crippen molar-refractivity contribution in [3.8, 4) is 0 Å². The van der Waals surface area contributed by atoms with E-state index in [0.717, 1.165) is 18.8 Å². The molecular formula is C9H14O. The Morgan fingerprint density at radius 2 is 2.30 bits per heavy atom. The van der Waals surface area contributed by atoms with Crippen molar-refractivity contribution in [1.29, 1.82) is 0 Å². The van der Waals surface area contributed by atoms with Gasteiger partial charge in [0.1, 0.15) is 0 Å². The quantitative estimate of drug-likeness (QED) is 0.505. The van der Waals surface area contributed by atoms with Crippen LogP contribution in [0.5, 0.6) is 0 Å². The Hall–Kier alpha value is -0.300. The maximum atomic E-state index is 9.48. The summed E-state index contributed by atoms with van der Waals surface area (Å²) in [5.74, 6) is 1.31. The molecule has 0 heterocycles. The summed E-state index contributed by atoms with van der Waals surface area (Å²) in [5.41, 5.74) is 1.52. The van der Waals surface area contributed by atoms with E-state index in [1.165, 1.54) is 12.0 Å². The molecule has 0 spiro atoms. The minimum atomic E-state index is -0.00120. The Kier molecular flexibility index (Phi) is 1.34. The molecule has 0 aromatic heterocycles. The first-order valence-electron chi connectivity index (χ1n) is 4.14. The molecule has 0 radical (unpaired) electrons. The molecule has 2 aliphatic rings. The van der Waals surface area contributed by atoms with Gasteiger partial charge in [0.15, 0.2) is 0 Å².